The van der Waals surface area contributed by atoms with Crippen LogP contribution < -0.4 is 5.32 Å². The first-order valence-electron chi connectivity index (χ1n) is 6.72. The highest BCUT2D eigenvalue weighted by atomic mass is 16.5. The monoisotopic (exact) mass is 243 g/mol. The molecule has 1 rings (SSSR count). The lowest BCUT2D eigenvalue weighted by Crippen LogP contribution is -2.21. The fraction of sp³-hybridized carbons (Fsp3) is 1.00. The van der Waals surface area contributed by atoms with Crippen molar-refractivity contribution in [1.29, 1.82) is 0 Å². The zero-order valence-corrected chi connectivity index (χ0v) is 12.1. The first kappa shape index (κ1) is 14.9. The van der Waals surface area contributed by atoms with E-state index < -0.39 is 0 Å². The Morgan fingerprint density at radius 2 is 1.65 bits per heavy atom. The zero-order chi connectivity index (χ0) is 12.9. The van der Waals surface area contributed by atoms with E-state index in [9.17, 15) is 0 Å². The van der Waals surface area contributed by atoms with Gasteiger partial charge in [0.1, 0.15) is 0 Å². The van der Waals surface area contributed by atoms with Gasteiger partial charge in [0, 0.05) is 13.7 Å². The molecule has 0 unspecified atom stereocenters. The molecule has 1 aliphatic carbocycles. The maximum atomic E-state index is 5.41. The van der Waals surface area contributed by atoms with Gasteiger partial charge in [0.05, 0.1) is 13.2 Å². The molecule has 17 heavy (non-hydrogen) atoms. The number of ether oxygens (including phenoxy) is 2. The SMILES string of the molecule is COCCOCCCNCC1C(C)(C)C1(C)C. The predicted octanol–water partition coefficient (Wildman–Crippen LogP) is 2.31. The third-order valence-electron chi connectivity index (χ3n) is 4.74. The molecule has 0 radical (unpaired) electrons. The normalized spacial score (nSPS) is 21.7. The van der Waals surface area contributed by atoms with Gasteiger partial charge in [-0.3, -0.25) is 0 Å². The molecule has 0 amide bonds. The molecular formula is C14H29NO2. The highest BCUT2D eigenvalue weighted by Crippen LogP contribution is 2.67. The van der Waals surface area contributed by atoms with Crippen LogP contribution in [0.25, 0.3) is 0 Å². The Bertz CT molecular complexity index is 212. The summed E-state index contributed by atoms with van der Waals surface area (Å²) in [4.78, 5) is 0. The molecule has 0 bridgehead atoms. The molecule has 3 heteroatoms. The number of hydrogen-bond donors (Lipinski definition) is 1. The molecule has 0 aliphatic heterocycles. The third kappa shape index (κ3) is 3.67. The van der Waals surface area contributed by atoms with Crippen molar-refractivity contribution < 1.29 is 9.47 Å². The molecule has 0 aromatic heterocycles. The molecule has 1 N–H and O–H groups in total. The summed E-state index contributed by atoms with van der Waals surface area (Å²) in [7, 11) is 1.70. The summed E-state index contributed by atoms with van der Waals surface area (Å²) in [6.07, 6.45) is 1.08. The predicted molar refractivity (Wildman–Crippen MR) is 71.2 cm³/mol. The van der Waals surface area contributed by atoms with Gasteiger partial charge in [-0.05, 0) is 36.3 Å². The van der Waals surface area contributed by atoms with E-state index in [-0.39, 0.29) is 0 Å². The summed E-state index contributed by atoms with van der Waals surface area (Å²) < 4.78 is 10.3. The average Bonchev–Trinajstić information content (AvgIpc) is 2.64. The van der Waals surface area contributed by atoms with Crippen LogP contribution in [0.1, 0.15) is 34.1 Å². The Morgan fingerprint density at radius 1 is 1.00 bits per heavy atom. The van der Waals surface area contributed by atoms with Gasteiger partial charge in [-0.2, -0.15) is 0 Å². The van der Waals surface area contributed by atoms with Crippen molar-refractivity contribution in [1.82, 2.24) is 5.32 Å². The zero-order valence-electron chi connectivity index (χ0n) is 12.1. The average molecular weight is 243 g/mol. The fourth-order valence-electron chi connectivity index (χ4n) is 2.63. The van der Waals surface area contributed by atoms with Gasteiger partial charge < -0.3 is 14.8 Å². The molecule has 3 nitrogen and oxygen atoms in total. The summed E-state index contributed by atoms with van der Waals surface area (Å²) in [5.74, 6) is 0.810. The van der Waals surface area contributed by atoms with Crippen molar-refractivity contribution in [2.45, 2.75) is 34.1 Å². The van der Waals surface area contributed by atoms with Crippen LogP contribution >= 0.6 is 0 Å². The second-order valence-electron chi connectivity index (χ2n) is 6.16. The van der Waals surface area contributed by atoms with E-state index in [1.807, 2.05) is 0 Å². The van der Waals surface area contributed by atoms with E-state index in [4.69, 9.17) is 9.47 Å². The minimum absolute atomic E-state index is 0.495. The van der Waals surface area contributed by atoms with E-state index in [0.29, 0.717) is 24.0 Å². The van der Waals surface area contributed by atoms with E-state index in [0.717, 1.165) is 32.0 Å². The fourth-order valence-corrected chi connectivity index (χ4v) is 2.63. The molecule has 0 saturated heterocycles. The summed E-state index contributed by atoms with van der Waals surface area (Å²) in [5, 5.41) is 3.54. The van der Waals surface area contributed by atoms with Crippen molar-refractivity contribution in [2.24, 2.45) is 16.7 Å². The number of hydrogen-bond acceptors (Lipinski definition) is 3. The molecule has 0 aromatic rings. The lowest BCUT2D eigenvalue weighted by Gasteiger charge is -2.06. The molecule has 1 fully saturated rings. The van der Waals surface area contributed by atoms with Crippen molar-refractivity contribution in [3.63, 3.8) is 0 Å². The molecule has 1 saturated carbocycles. The maximum Gasteiger partial charge on any atom is 0.0700 e. The van der Waals surface area contributed by atoms with Crippen LogP contribution in [0.15, 0.2) is 0 Å². The Balaban J connectivity index is 1.93. The van der Waals surface area contributed by atoms with Gasteiger partial charge in [0.2, 0.25) is 0 Å². The van der Waals surface area contributed by atoms with Gasteiger partial charge in [0.25, 0.3) is 0 Å². The first-order valence-corrected chi connectivity index (χ1v) is 6.72. The van der Waals surface area contributed by atoms with Crippen molar-refractivity contribution >= 4 is 0 Å². The van der Waals surface area contributed by atoms with Gasteiger partial charge in [-0.1, -0.05) is 27.7 Å². The highest BCUT2D eigenvalue weighted by molar-refractivity contribution is 5.12. The van der Waals surface area contributed by atoms with E-state index >= 15 is 0 Å². The Morgan fingerprint density at radius 3 is 2.18 bits per heavy atom. The maximum absolute atomic E-state index is 5.41. The Kier molecular flexibility index (Phi) is 5.42. The molecular weight excluding hydrogens is 214 g/mol. The summed E-state index contributed by atoms with van der Waals surface area (Å²) in [6, 6.07) is 0. The highest BCUT2D eigenvalue weighted by Gasteiger charge is 2.63. The minimum atomic E-state index is 0.495. The molecule has 102 valence electrons. The second-order valence-corrected chi connectivity index (χ2v) is 6.16. The van der Waals surface area contributed by atoms with Crippen LogP contribution in [0.2, 0.25) is 0 Å². The lowest BCUT2D eigenvalue weighted by molar-refractivity contribution is 0.0694. The second kappa shape index (κ2) is 6.17. The van der Waals surface area contributed by atoms with Gasteiger partial charge >= 0.3 is 0 Å². The molecule has 0 heterocycles. The van der Waals surface area contributed by atoms with Crippen LogP contribution in [-0.2, 0) is 9.47 Å². The van der Waals surface area contributed by atoms with E-state index in [2.05, 4.69) is 33.0 Å². The number of methoxy groups -OCH3 is 1. The summed E-state index contributed by atoms with van der Waals surface area (Å²) in [6.45, 7) is 13.9. The van der Waals surface area contributed by atoms with Crippen LogP contribution in [0.4, 0.5) is 0 Å². The molecule has 0 spiro atoms. The molecule has 0 atom stereocenters. The number of rotatable bonds is 9. The van der Waals surface area contributed by atoms with Crippen LogP contribution in [0, 0.1) is 16.7 Å². The number of nitrogens with one attached hydrogen (secondary N) is 1. The summed E-state index contributed by atoms with van der Waals surface area (Å²) >= 11 is 0. The quantitative estimate of drug-likeness (QED) is 0.630. The molecule has 0 aromatic carbocycles. The smallest absolute Gasteiger partial charge is 0.0700 e. The van der Waals surface area contributed by atoms with Crippen LogP contribution in [0.5, 0.6) is 0 Å². The molecule has 1 aliphatic rings. The van der Waals surface area contributed by atoms with Crippen molar-refractivity contribution in [3.05, 3.63) is 0 Å². The van der Waals surface area contributed by atoms with Gasteiger partial charge in [-0.25, -0.2) is 0 Å². The van der Waals surface area contributed by atoms with Crippen molar-refractivity contribution in [2.75, 3.05) is 40.0 Å². The van der Waals surface area contributed by atoms with E-state index in [1.165, 1.54) is 0 Å². The van der Waals surface area contributed by atoms with Crippen LogP contribution in [-0.4, -0.2) is 40.0 Å². The third-order valence-corrected chi connectivity index (χ3v) is 4.74. The largest absolute Gasteiger partial charge is 0.382 e. The summed E-state index contributed by atoms with van der Waals surface area (Å²) in [5.41, 5.74) is 0.990. The van der Waals surface area contributed by atoms with Crippen LogP contribution in [0.3, 0.4) is 0 Å². The van der Waals surface area contributed by atoms with E-state index in [1.54, 1.807) is 7.11 Å². The standard InChI is InChI=1S/C14H29NO2/c1-13(2)12(14(13,3)4)11-15-7-6-8-17-10-9-16-5/h12,15H,6-11H2,1-5H3. The first-order chi connectivity index (χ1) is 7.94. The van der Waals surface area contributed by atoms with Gasteiger partial charge in [0.15, 0.2) is 0 Å². The Labute approximate surface area is 106 Å². The lowest BCUT2D eigenvalue weighted by atomic mass is 10.0. The van der Waals surface area contributed by atoms with Crippen molar-refractivity contribution in [3.8, 4) is 0 Å². The minimum Gasteiger partial charge on any atom is -0.382 e. The van der Waals surface area contributed by atoms with Gasteiger partial charge in [-0.15, -0.1) is 0 Å². The Hall–Kier alpha value is -0.120. The topological polar surface area (TPSA) is 30.5 Å².